The maximum Gasteiger partial charge on any atom is 0.267 e. The third kappa shape index (κ3) is 2.81. The first-order chi connectivity index (χ1) is 8.99. The number of hydrogen-bond acceptors (Lipinski definition) is 2. The standard InChI is InChI=1S/C14H15FN2O2/c1-8(18)7-12(10-3-5-11(15)6-4-10)13-9(2)16-17-14(13)19/h3-6,12H,7H2,1-2H3,(H2,16,17,19). The highest BCUT2D eigenvalue weighted by Gasteiger charge is 2.22. The molecule has 1 aromatic heterocycles. The second kappa shape index (κ2) is 5.22. The number of carbonyl (C=O) groups is 1. The fraction of sp³-hybridized carbons (Fsp3) is 0.286. The summed E-state index contributed by atoms with van der Waals surface area (Å²) in [7, 11) is 0. The van der Waals surface area contributed by atoms with E-state index in [9.17, 15) is 14.0 Å². The van der Waals surface area contributed by atoms with Gasteiger partial charge in [0.05, 0.1) is 0 Å². The lowest BCUT2D eigenvalue weighted by molar-refractivity contribution is -0.117. The first-order valence-electron chi connectivity index (χ1n) is 6.01. The normalized spacial score (nSPS) is 12.4. The molecule has 0 aliphatic rings. The number of rotatable bonds is 4. The molecule has 0 saturated heterocycles. The van der Waals surface area contributed by atoms with E-state index in [4.69, 9.17) is 0 Å². The Morgan fingerprint density at radius 2 is 1.89 bits per heavy atom. The van der Waals surface area contributed by atoms with Gasteiger partial charge in [0.1, 0.15) is 11.6 Å². The molecule has 1 aromatic carbocycles. The van der Waals surface area contributed by atoms with Crippen LogP contribution in [0.15, 0.2) is 29.1 Å². The third-order valence-electron chi connectivity index (χ3n) is 3.12. The quantitative estimate of drug-likeness (QED) is 0.887. The topological polar surface area (TPSA) is 65.7 Å². The highest BCUT2D eigenvalue weighted by atomic mass is 19.1. The molecule has 0 radical (unpaired) electrons. The van der Waals surface area contributed by atoms with Crippen molar-refractivity contribution >= 4 is 5.78 Å². The highest BCUT2D eigenvalue weighted by Crippen LogP contribution is 2.27. The number of aromatic amines is 2. The molecule has 0 saturated carbocycles. The van der Waals surface area contributed by atoms with Crippen molar-refractivity contribution in [1.29, 1.82) is 0 Å². The molecule has 0 amide bonds. The summed E-state index contributed by atoms with van der Waals surface area (Å²) in [5, 5.41) is 5.25. The van der Waals surface area contributed by atoms with Gasteiger partial charge in [0.15, 0.2) is 0 Å². The molecule has 2 rings (SSSR count). The minimum Gasteiger partial charge on any atom is -0.302 e. The van der Waals surface area contributed by atoms with Gasteiger partial charge in [-0.15, -0.1) is 0 Å². The molecule has 0 spiro atoms. The van der Waals surface area contributed by atoms with Crippen LogP contribution in [0.1, 0.15) is 36.1 Å². The molecule has 0 bridgehead atoms. The largest absolute Gasteiger partial charge is 0.302 e. The van der Waals surface area contributed by atoms with Gasteiger partial charge in [-0.3, -0.25) is 14.7 Å². The monoisotopic (exact) mass is 262 g/mol. The van der Waals surface area contributed by atoms with Crippen LogP contribution in [0, 0.1) is 12.7 Å². The number of hydrogen-bond donors (Lipinski definition) is 2. The summed E-state index contributed by atoms with van der Waals surface area (Å²) in [6.07, 6.45) is 0.216. The lowest BCUT2D eigenvalue weighted by Crippen LogP contribution is -2.15. The van der Waals surface area contributed by atoms with Crippen LogP contribution in [0.4, 0.5) is 4.39 Å². The van der Waals surface area contributed by atoms with E-state index >= 15 is 0 Å². The SMILES string of the molecule is CC(=O)CC(c1ccc(F)cc1)c1c(C)[nH][nH]c1=O. The van der Waals surface area contributed by atoms with Crippen molar-refractivity contribution in [2.75, 3.05) is 0 Å². The van der Waals surface area contributed by atoms with E-state index in [1.807, 2.05) is 0 Å². The molecule has 1 heterocycles. The van der Waals surface area contributed by atoms with Gasteiger partial charge < -0.3 is 5.10 Å². The molecule has 4 nitrogen and oxygen atoms in total. The summed E-state index contributed by atoms with van der Waals surface area (Å²) in [4.78, 5) is 23.2. The van der Waals surface area contributed by atoms with Crippen molar-refractivity contribution in [2.24, 2.45) is 0 Å². The Morgan fingerprint density at radius 3 is 2.37 bits per heavy atom. The van der Waals surface area contributed by atoms with Crippen LogP contribution < -0.4 is 5.56 Å². The van der Waals surface area contributed by atoms with E-state index in [0.717, 1.165) is 5.56 Å². The highest BCUT2D eigenvalue weighted by molar-refractivity contribution is 5.77. The Balaban J connectivity index is 2.50. The first kappa shape index (κ1) is 13.3. The second-order valence-electron chi connectivity index (χ2n) is 4.63. The van der Waals surface area contributed by atoms with Crippen LogP contribution in [0.3, 0.4) is 0 Å². The number of aromatic nitrogens is 2. The Bertz CT molecular complexity index is 640. The van der Waals surface area contributed by atoms with Crippen molar-refractivity contribution < 1.29 is 9.18 Å². The van der Waals surface area contributed by atoms with Gasteiger partial charge in [0.25, 0.3) is 5.56 Å². The van der Waals surface area contributed by atoms with Gasteiger partial charge in [0, 0.05) is 23.6 Å². The number of ketones is 1. The molecule has 1 unspecified atom stereocenters. The second-order valence-corrected chi connectivity index (χ2v) is 4.63. The van der Waals surface area contributed by atoms with Crippen LogP contribution in [0.25, 0.3) is 0 Å². The maximum absolute atomic E-state index is 13.0. The van der Waals surface area contributed by atoms with E-state index in [0.29, 0.717) is 11.3 Å². The Morgan fingerprint density at radius 1 is 1.26 bits per heavy atom. The van der Waals surface area contributed by atoms with E-state index in [2.05, 4.69) is 10.2 Å². The van der Waals surface area contributed by atoms with Crippen molar-refractivity contribution in [1.82, 2.24) is 10.2 Å². The zero-order chi connectivity index (χ0) is 14.0. The van der Waals surface area contributed by atoms with Crippen molar-refractivity contribution in [2.45, 2.75) is 26.2 Å². The summed E-state index contributed by atoms with van der Waals surface area (Å²) in [6, 6.07) is 5.88. The number of benzene rings is 1. The molecule has 0 fully saturated rings. The summed E-state index contributed by atoms with van der Waals surface area (Å²) in [6.45, 7) is 3.25. The van der Waals surface area contributed by atoms with Gasteiger partial charge in [0.2, 0.25) is 0 Å². The predicted molar refractivity (Wildman–Crippen MR) is 69.7 cm³/mol. The van der Waals surface area contributed by atoms with E-state index < -0.39 is 0 Å². The molecule has 5 heteroatoms. The number of aryl methyl sites for hydroxylation is 1. The predicted octanol–water partition coefficient (Wildman–Crippen LogP) is 2.26. The first-order valence-corrected chi connectivity index (χ1v) is 6.01. The Kier molecular flexibility index (Phi) is 3.64. The van der Waals surface area contributed by atoms with Crippen molar-refractivity contribution in [3.8, 4) is 0 Å². The third-order valence-corrected chi connectivity index (χ3v) is 3.12. The maximum atomic E-state index is 13.0. The molecular formula is C14H15FN2O2. The zero-order valence-corrected chi connectivity index (χ0v) is 10.8. The Hall–Kier alpha value is -2.17. The lowest BCUT2D eigenvalue weighted by atomic mass is 9.87. The van der Waals surface area contributed by atoms with E-state index in [1.165, 1.54) is 19.1 Å². The molecule has 2 N–H and O–H groups in total. The van der Waals surface area contributed by atoms with Gasteiger partial charge in [-0.25, -0.2) is 4.39 Å². The Labute approximate surface area is 109 Å². The summed E-state index contributed by atoms with van der Waals surface area (Å²) in [5.74, 6) is -0.715. The smallest absolute Gasteiger partial charge is 0.267 e. The van der Waals surface area contributed by atoms with Gasteiger partial charge in [-0.1, -0.05) is 12.1 Å². The minimum atomic E-state index is -0.354. The van der Waals surface area contributed by atoms with Crippen molar-refractivity contribution in [3.63, 3.8) is 0 Å². The average molecular weight is 262 g/mol. The molecule has 2 aromatic rings. The minimum absolute atomic E-state index is 0.0191. The fourth-order valence-electron chi connectivity index (χ4n) is 2.24. The van der Waals surface area contributed by atoms with Crippen LogP contribution >= 0.6 is 0 Å². The summed E-state index contributed by atoms with van der Waals surface area (Å²) in [5.41, 5.74) is 1.74. The molecule has 0 aliphatic heterocycles. The number of nitrogens with one attached hydrogen (secondary N) is 2. The van der Waals surface area contributed by atoms with Crippen LogP contribution in [0.5, 0.6) is 0 Å². The zero-order valence-electron chi connectivity index (χ0n) is 10.8. The average Bonchev–Trinajstić information content (AvgIpc) is 2.67. The number of carbonyl (C=O) groups excluding carboxylic acids is 1. The molecule has 100 valence electrons. The van der Waals surface area contributed by atoms with E-state index in [1.54, 1.807) is 19.1 Å². The van der Waals surface area contributed by atoms with E-state index in [-0.39, 0.29) is 29.5 Å². The molecular weight excluding hydrogens is 247 g/mol. The van der Waals surface area contributed by atoms with Crippen LogP contribution in [0.2, 0.25) is 0 Å². The molecule has 19 heavy (non-hydrogen) atoms. The number of Topliss-reactive ketones (excluding diaryl/α,β-unsaturated/α-hetero) is 1. The van der Waals surface area contributed by atoms with Crippen LogP contribution in [-0.2, 0) is 4.79 Å². The molecule has 0 aliphatic carbocycles. The molecule has 1 atom stereocenters. The summed E-state index contributed by atoms with van der Waals surface area (Å²) >= 11 is 0. The number of halogens is 1. The van der Waals surface area contributed by atoms with Gasteiger partial charge in [-0.05, 0) is 31.5 Å². The lowest BCUT2D eigenvalue weighted by Gasteiger charge is -2.14. The van der Waals surface area contributed by atoms with Gasteiger partial charge >= 0.3 is 0 Å². The number of H-pyrrole nitrogens is 2. The van der Waals surface area contributed by atoms with Crippen molar-refractivity contribution in [3.05, 3.63) is 57.3 Å². The van der Waals surface area contributed by atoms with Crippen LogP contribution in [-0.4, -0.2) is 16.0 Å². The summed E-state index contributed by atoms with van der Waals surface area (Å²) < 4.78 is 13.0. The van der Waals surface area contributed by atoms with Gasteiger partial charge in [-0.2, -0.15) is 0 Å². The fourth-order valence-corrected chi connectivity index (χ4v) is 2.24.